The third kappa shape index (κ3) is 5.89. The number of carbonyl (C=O) groups is 2. The van der Waals surface area contributed by atoms with Crippen molar-refractivity contribution >= 4 is 11.8 Å². The Bertz CT molecular complexity index is 876. The lowest BCUT2D eigenvalue weighted by Gasteiger charge is -2.31. The van der Waals surface area contributed by atoms with Crippen molar-refractivity contribution in [2.24, 2.45) is 5.92 Å². The van der Waals surface area contributed by atoms with Crippen LogP contribution in [0.15, 0.2) is 48.5 Å². The average molecular weight is 412 g/mol. The molecule has 0 saturated carbocycles. The molecule has 0 radical (unpaired) electrons. The predicted octanol–water partition coefficient (Wildman–Crippen LogP) is 3.10. The summed E-state index contributed by atoms with van der Waals surface area (Å²) in [4.78, 5) is 28.5. The fourth-order valence-electron chi connectivity index (χ4n) is 3.84. The van der Waals surface area contributed by atoms with Gasteiger partial charge in [-0.25, -0.2) is 4.39 Å². The fourth-order valence-corrected chi connectivity index (χ4v) is 3.84. The van der Waals surface area contributed by atoms with Crippen LogP contribution < -0.4 is 5.32 Å². The third-order valence-electron chi connectivity index (χ3n) is 5.60. The first-order valence-corrected chi connectivity index (χ1v) is 10.5. The monoisotopic (exact) mass is 411 g/mol. The van der Waals surface area contributed by atoms with Crippen LogP contribution in [0.1, 0.15) is 34.3 Å². The first-order chi connectivity index (χ1) is 14.4. The van der Waals surface area contributed by atoms with Gasteiger partial charge >= 0.3 is 0 Å². The largest absolute Gasteiger partial charge is 0.356 e. The summed E-state index contributed by atoms with van der Waals surface area (Å²) in [7, 11) is 3.50. The molecule has 2 amide bonds. The zero-order chi connectivity index (χ0) is 21.5. The molecule has 1 fully saturated rings. The van der Waals surface area contributed by atoms with E-state index in [-0.39, 0.29) is 23.5 Å². The minimum atomic E-state index is -0.226. The second kappa shape index (κ2) is 10.3. The van der Waals surface area contributed by atoms with Crippen LogP contribution in [0.2, 0.25) is 0 Å². The number of amides is 2. The molecule has 2 aromatic rings. The molecule has 6 heteroatoms. The Hall–Kier alpha value is -2.73. The van der Waals surface area contributed by atoms with Crippen molar-refractivity contribution in [3.8, 4) is 0 Å². The fraction of sp³-hybridized carbons (Fsp3) is 0.417. The highest BCUT2D eigenvalue weighted by Crippen LogP contribution is 2.20. The van der Waals surface area contributed by atoms with Crippen LogP contribution in [0.5, 0.6) is 0 Å². The van der Waals surface area contributed by atoms with E-state index in [9.17, 15) is 14.0 Å². The van der Waals surface area contributed by atoms with E-state index in [1.54, 1.807) is 31.1 Å². The van der Waals surface area contributed by atoms with Crippen molar-refractivity contribution in [3.63, 3.8) is 0 Å². The van der Waals surface area contributed by atoms with Crippen LogP contribution in [0.4, 0.5) is 4.39 Å². The molecule has 0 aliphatic carbocycles. The van der Waals surface area contributed by atoms with Crippen LogP contribution in [0.25, 0.3) is 0 Å². The first-order valence-electron chi connectivity index (χ1n) is 10.5. The molecule has 1 heterocycles. The lowest BCUT2D eigenvalue weighted by Crippen LogP contribution is -2.40. The van der Waals surface area contributed by atoms with E-state index in [0.29, 0.717) is 24.1 Å². The molecule has 1 saturated heterocycles. The maximum atomic E-state index is 13.7. The third-order valence-corrected chi connectivity index (χ3v) is 5.60. The van der Waals surface area contributed by atoms with Crippen molar-refractivity contribution < 1.29 is 14.0 Å². The van der Waals surface area contributed by atoms with Crippen LogP contribution in [-0.2, 0) is 17.8 Å². The number of likely N-dealkylation sites (tertiary alicyclic amines) is 1. The summed E-state index contributed by atoms with van der Waals surface area (Å²) >= 11 is 0. The second-order valence-electron chi connectivity index (χ2n) is 8.08. The van der Waals surface area contributed by atoms with Crippen molar-refractivity contribution in [3.05, 3.63) is 71.0 Å². The van der Waals surface area contributed by atoms with Crippen molar-refractivity contribution in [2.45, 2.75) is 25.8 Å². The number of nitrogens with one attached hydrogen (secondary N) is 1. The van der Waals surface area contributed by atoms with Crippen LogP contribution in [-0.4, -0.2) is 55.3 Å². The zero-order valence-corrected chi connectivity index (χ0v) is 17.7. The molecule has 1 aliphatic heterocycles. The van der Waals surface area contributed by atoms with Gasteiger partial charge in [0.05, 0.1) is 0 Å². The minimum absolute atomic E-state index is 0.00242. The van der Waals surface area contributed by atoms with Gasteiger partial charge in [-0.3, -0.25) is 14.5 Å². The summed E-state index contributed by atoms with van der Waals surface area (Å²) in [6.45, 7) is 2.91. The Labute approximate surface area is 177 Å². The summed E-state index contributed by atoms with van der Waals surface area (Å²) in [6, 6.07) is 14.4. The topological polar surface area (TPSA) is 52.7 Å². The van der Waals surface area contributed by atoms with Crippen molar-refractivity contribution in [1.29, 1.82) is 0 Å². The van der Waals surface area contributed by atoms with E-state index in [1.807, 2.05) is 30.3 Å². The lowest BCUT2D eigenvalue weighted by atomic mass is 9.95. The Kier molecular flexibility index (Phi) is 7.57. The van der Waals surface area contributed by atoms with E-state index >= 15 is 0 Å². The number of rotatable bonds is 7. The summed E-state index contributed by atoms with van der Waals surface area (Å²) in [5.74, 6) is -0.160. The molecular weight excluding hydrogens is 381 g/mol. The lowest BCUT2D eigenvalue weighted by molar-refractivity contribution is -0.126. The van der Waals surface area contributed by atoms with Gasteiger partial charge < -0.3 is 10.2 Å². The Morgan fingerprint density at radius 1 is 1.10 bits per heavy atom. The molecule has 0 unspecified atom stereocenters. The van der Waals surface area contributed by atoms with Gasteiger partial charge in [0, 0.05) is 38.7 Å². The van der Waals surface area contributed by atoms with Crippen molar-refractivity contribution in [1.82, 2.24) is 15.1 Å². The second-order valence-corrected chi connectivity index (χ2v) is 8.08. The van der Waals surface area contributed by atoms with Crippen LogP contribution >= 0.6 is 0 Å². The highest BCUT2D eigenvalue weighted by molar-refractivity contribution is 5.94. The first kappa shape index (κ1) is 22.0. The molecule has 1 N–H and O–H groups in total. The normalized spacial score (nSPS) is 15.0. The smallest absolute Gasteiger partial charge is 0.253 e. The van der Waals surface area contributed by atoms with Gasteiger partial charge in [0.2, 0.25) is 5.91 Å². The number of halogens is 1. The van der Waals surface area contributed by atoms with Crippen LogP contribution in [0.3, 0.4) is 0 Å². The molecule has 0 spiro atoms. The number of benzene rings is 2. The summed E-state index contributed by atoms with van der Waals surface area (Å²) in [5.41, 5.74) is 2.43. The Morgan fingerprint density at radius 3 is 2.53 bits per heavy atom. The van der Waals surface area contributed by atoms with E-state index in [1.165, 1.54) is 6.07 Å². The van der Waals surface area contributed by atoms with E-state index in [2.05, 4.69) is 10.2 Å². The van der Waals surface area contributed by atoms with Gasteiger partial charge in [-0.2, -0.15) is 0 Å². The SMILES string of the molecule is CN(C)C(=O)c1cccc(CN2CCC(C(=O)NCCc3ccccc3F)CC2)c1. The predicted molar refractivity (Wildman–Crippen MR) is 116 cm³/mol. The molecule has 0 bridgehead atoms. The molecule has 0 aromatic heterocycles. The Balaban J connectivity index is 1.43. The molecule has 0 atom stereocenters. The average Bonchev–Trinajstić information content (AvgIpc) is 2.75. The standard InChI is InChI=1S/C24H30FN3O2/c1-27(2)24(30)21-8-5-6-18(16-21)17-28-14-11-20(12-15-28)23(29)26-13-10-19-7-3-4-9-22(19)25/h3-9,16,20H,10-15,17H2,1-2H3,(H,26,29). The highest BCUT2D eigenvalue weighted by Gasteiger charge is 2.25. The quantitative estimate of drug-likeness (QED) is 0.762. The number of hydrogen-bond acceptors (Lipinski definition) is 3. The summed E-state index contributed by atoms with van der Waals surface area (Å²) in [5, 5.41) is 2.96. The molecule has 5 nitrogen and oxygen atoms in total. The van der Waals surface area contributed by atoms with Gasteiger partial charge in [-0.05, 0) is 61.7 Å². The number of carbonyl (C=O) groups excluding carboxylic acids is 2. The summed E-state index contributed by atoms with van der Waals surface area (Å²) < 4.78 is 13.7. The van der Waals surface area contributed by atoms with E-state index in [0.717, 1.165) is 38.0 Å². The highest BCUT2D eigenvalue weighted by atomic mass is 19.1. The zero-order valence-electron chi connectivity index (χ0n) is 17.7. The number of hydrogen-bond donors (Lipinski definition) is 1. The van der Waals surface area contributed by atoms with Gasteiger partial charge in [0.1, 0.15) is 5.82 Å². The summed E-state index contributed by atoms with van der Waals surface area (Å²) in [6.07, 6.45) is 2.11. The van der Waals surface area contributed by atoms with Gasteiger partial charge in [-0.15, -0.1) is 0 Å². The maximum absolute atomic E-state index is 13.7. The minimum Gasteiger partial charge on any atom is -0.356 e. The van der Waals surface area contributed by atoms with Crippen LogP contribution in [0, 0.1) is 11.7 Å². The molecule has 3 rings (SSSR count). The number of piperidine rings is 1. The van der Waals surface area contributed by atoms with Gasteiger partial charge in [0.25, 0.3) is 5.91 Å². The van der Waals surface area contributed by atoms with E-state index < -0.39 is 0 Å². The maximum Gasteiger partial charge on any atom is 0.253 e. The van der Waals surface area contributed by atoms with Gasteiger partial charge in [-0.1, -0.05) is 30.3 Å². The molecule has 160 valence electrons. The van der Waals surface area contributed by atoms with Gasteiger partial charge in [0.15, 0.2) is 0 Å². The number of nitrogens with zero attached hydrogens (tertiary/aromatic N) is 2. The molecule has 2 aromatic carbocycles. The van der Waals surface area contributed by atoms with Crippen molar-refractivity contribution in [2.75, 3.05) is 33.7 Å². The molecular formula is C24H30FN3O2. The molecule has 1 aliphatic rings. The molecule has 30 heavy (non-hydrogen) atoms. The Morgan fingerprint density at radius 2 is 1.83 bits per heavy atom. The van der Waals surface area contributed by atoms with E-state index in [4.69, 9.17) is 0 Å².